The van der Waals surface area contributed by atoms with Crippen molar-refractivity contribution in [3.05, 3.63) is 12.2 Å². The minimum Gasteiger partial charge on any atom is -0.313 e. The summed E-state index contributed by atoms with van der Waals surface area (Å²) in [7, 11) is 1.96. The Morgan fingerprint density at radius 2 is 2.33 bits per heavy atom. The molecule has 1 N–H and O–H groups in total. The van der Waals surface area contributed by atoms with Crippen LogP contribution in [0.25, 0.3) is 0 Å². The summed E-state index contributed by atoms with van der Waals surface area (Å²) in [5, 5.41) is 7.68. The average Bonchev–Trinajstić information content (AvgIpc) is 2.82. The highest BCUT2D eigenvalue weighted by atomic mass is 15.3. The predicted octanol–water partition coefficient (Wildman–Crippen LogP) is 1.14. The van der Waals surface area contributed by atoms with Crippen LogP contribution in [0.5, 0.6) is 0 Å². The molecule has 1 unspecified atom stereocenters. The molecular weight excluding hydrogens is 188 g/mol. The number of hydrogen-bond acceptors (Lipinski definition) is 3. The van der Waals surface area contributed by atoms with E-state index in [0.29, 0.717) is 11.5 Å². The Kier molecular flexibility index (Phi) is 2.78. The molecule has 0 aromatic carbocycles. The van der Waals surface area contributed by atoms with Crippen LogP contribution in [0.3, 0.4) is 0 Å². The normalized spacial score (nSPS) is 20.2. The molecule has 0 radical (unpaired) electrons. The summed E-state index contributed by atoms with van der Waals surface area (Å²) < 4.78 is 1.87. The number of hydrogen-bond donors (Lipinski definition) is 1. The van der Waals surface area contributed by atoms with E-state index in [1.165, 1.54) is 12.8 Å². The van der Waals surface area contributed by atoms with Gasteiger partial charge in [0.25, 0.3) is 0 Å². The second-order valence-corrected chi connectivity index (χ2v) is 4.77. The first-order chi connectivity index (χ1) is 7.15. The predicted molar refractivity (Wildman–Crippen MR) is 59.5 cm³/mol. The van der Waals surface area contributed by atoms with Crippen molar-refractivity contribution in [1.29, 1.82) is 0 Å². The van der Waals surface area contributed by atoms with E-state index in [4.69, 9.17) is 0 Å². The minimum absolute atomic E-state index is 0.488. The third-order valence-electron chi connectivity index (χ3n) is 3.52. The molecule has 84 valence electrons. The molecule has 1 aliphatic rings. The number of nitrogens with zero attached hydrogens (tertiary/aromatic N) is 3. The van der Waals surface area contributed by atoms with Gasteiger partial charge in [-0.2, -0.15) is 5.10 Å². The highest BCUT2D eigenvalue weighted by Crippen LogP contribution is 2.48. The Hall–Kier alpha value is -0.900. The van der Waals surface area contributed by atoms with E-state index >= 15 is 0 Å². The van der Waals surface area contributed by atoms with Crippen molar-refractivity contribution in [1.82, 2.24) is 20.1 Å². The lowest BCUT2D eigenvalue weighted by atomic mass is 9.95. The molecule has 0 spiro atoms. The van der Waals surface area contributed by atoms with E-state index in [9.17, 15) is 0 Å². The fraction of sp³-hybridized carbons (Fsp3) is 0.818. The molecule has 1 aliphatic carbocycles. The Balaban J connectivity index is 2.04. The molecule has 1 aromatic rings. The molecule has 0 amide bonds. The summed E-state index contributed by atoms with van der Waals surface area (Å²) in [6.07, 6.45) is 5.29. The maximum atomic E-state index is 4.29. The van der Waals surface area contributed by atoms with E-state index in [-0.39, 0.29) is 0 Å². The molecule has 1 atom stereocenters. The molecule has 0 saturated heterocycles. The molecule has 0 aliphatic heterocycles. The van der Waals surface area contributed by atoms with Crippen molar-refractivity contribution in [2.75, 3.05) is 6.54 Å². The van der Waals surface area contributed by atoms with Gasteiger partial charge in [-0.1, -0.05) is 13.8 Å². The second kappa shape index (κ2) is 3.93. The summed E-state index contributed by atoms with van der Waals surface area (Å²) >= 11 is 0. The van der Waals surface area contributed by atoms with Crippen LogP contribution in [0.15, 0.2) is 6.33 Å². The Bertz CT molecular complexity index is 327. The quantitative estimate of drug-likeness (QED) is 0.789. The van der Waals surface area contributed by atoms with Gasteiger partial charge >= 0.3 is 0 Å². The molecule has 1 saturated carbocycles. The largest absolute Gasteiger partial charge is 0.313 e. The van der Waals surface area contributed by atoms with Gasteiger partial charge in [0.1, 0.15) is 12.2 Å². The molecular formula is C11H20N4. The Morgan fingerprint density at radius 1 is 1.60 bits per heavy atom. The molecule has 4 nitrogen and oxygen atoms in total. The number of aromatic nitrogens is 3. The first-order valence-electron chi connectivity index (χ1n) is 5.72. The van der Waals surface area contributed by atoms with Crippen molar-refractivity contribution < 1.29 is 0 Å². The van der Waals surface area contributed by atoms with Crippen LogP contribution in [-0.2, 0) is 13.5 Å². The first kappa shape index (κ1) is 10.6. The zero-order valence-corrected chi connectivity index (χ0v) is 9.82. The van der Waals surface area contributed by atoms with Crippen LogP contribution >= 0.6 is 0 Å². The summed E-state index contributed by atoms with van der Waals surface area (Å²) in [6.45, 7) is 5.55. The van der Waals surface area contributed by atoms with Crippen molar-refractivity contribution >= 4 is 0 Å². The second-order valence-electron chi connectivity index (χ2n) is 4.77. The summed E-state index contributed by atoms with van der Waals surface area (Å²) in [6, 6.07) is 0.547. The number of nitrogens with one attached hydrogen (secondary N) is 1. The highest BCUT2D eigenvalue weighted by molar-refractivity contribution is 5.03. The lowest BCUT2D eigenvalue weighted by Gasteiger charge is -2.23. The summed E-state index contributed by atoms with van der Waals surface area (Å²) in [5.41, 5.74) is 0.488. The SMILES string of the molecule is CCNC(Cc1ncnn1C)C1(C)CC1. The monoisotopic (exact) mass is 208 g/mol. The molecule has 15 heavy (non-hydrogen) atoms. The zero-order chi connectivity index (χ0) is 10.9. The van der Waals surface area contributed by atoms with Crippen LogP contribution in [0.1, 0.15) is 32.5 Å². The fourth-order valence-electron chi connectivity index (χ4n) is 2.04. The van der Waals surface area contributed by atoms with Gasteiger partial charge in [0.15, 0.2) is 0 Å². The minimum atomic E-state index is 0.488. The molecule has 2 rings (SSSR count). The molecule has 4 heteroatoms. The highest BCUT2D eigenvalue weighted by Gasteiger charge is 2.44. The van der Waals surface area contributed by atoms with Crippen LogP contribution in [0.2, 0.25) is 0 Å². The van der Waals surface area contributed by atoms with Crippen molar-refractivity contribution in [3.8, 4) is 0 Å². The molecule has 1 fully saturated rings. The van der Waals surface area contributed by atoms with Gasteiger partial charge in [-0.25, -0.2) is 4.98 Å². The first-order valence-corrected chi connectivity index (χ1v) is 5.72. The smallest absolute Gasteiger partial charge is 0.138 e. The van der Waals surface area contributed by atoms with E-state index in [1.54, 1.807) is 6.33 Å². The van der Waals surface area contributed by atoms with Gasteiger partial charge in [0, 0.05) is 19.5 Å². The molecule has 1 heterocycles. The van der Waals surface area contributed by atoms with Crippen LogP contribution in [0, 0.1) is 5.41 Å². The molecule has 1 aromatic heterocycles. The van der Waals surface area contributed by atoms with E-state index in [0.717, 1.165) is 18.8 Å². The van der Waals surface area contributed by atoms with Gasteiger partial charge in [-0.15, -0.1) is 0 Å². The maximum absolute atomic E-state index is 4.29. The fourth-order valence-corrected chi connectivity index (χ4v) is 2.04. The third-order valence-corrected chi connectivity index (χ3v) is 3.52. The number of likely N-dealkylation sites (N-methyl/N-ethyl adjacent to an activating group) is 1. The molecule has 0 bridgehead atoms. The zero-order valence-electron chi connectivity index (χ0n) is 9.82. The Labute approximate surface area is 91.1 Å². The van der Waals surface area contributed by atoms with Crippen LogP contribution < -0.4 is 5.32 Å². The van der Waals surface area contributed by atoms with Gasteiger partial charge in [-0.3, -0.25) is 4.68 Å². The standard InChI is InChI=1S/C11H20N4/c1-4-12-9(11(2)5-6-11)7-10-13-8-14-15(10)3/h8-9,12H,4-7H2,1-3H3. The van der Waals surface area contributed by atoms with Crippen LogP contribution in [-0.4, -0.2) is 27.4 Å². The third kappa shape index (κ3) is 2.20. The average molecular weight is 208 g/mol. The van der Waals surface area contributed by atoms with E-state index in [2.05, 4.69) is 29.2 Å². The lowest BCUT2D eigenvalue weighted by molar-refractivity contribution is 0.351. The topological polar surface area (TPSA) is 42.7 Å². The van der Waals surface area contributed by atoms with E-state index in [1.807, 2.05) is 11.7 Å². The van der Waals surface area contributed by atoms with Crippen molar-refractivity contribution in [2.24, 2.45) is 12.5 Å². The lowest BCUT2D eigenvalue weighted by Crippen LogP contribution is -2.38. The van der Waals surface area contributed by atoms with Crippen molar-refractivity contribution in [3.63, 3.8) is 0 Å². The maximum Gasteiger partial charge on any atom is 0.138 e. The number of aryl methyl sites for hydroxylation is 1. The summed E-state index contributed by atoms with van der Waals surface area (Å²) in [5.74, 6) is 1.08. The summed E-state index contributed by atoms with van der Waals surface area (Å²) in [4.78, 5) is 4.29. The van der Waals surface area contributed by atoms with Gasteiger partial charge < -0.3 is 5.32 Å². The van der Waals surface area contributed by atoms with Crippen LogP contribution in [0.4, 0.5) is 0 Å². The Morgan fingerprint density at radius 3 is 2.80 bits per heavy atom. The van der Waals surface area contributed by atoms with Gasteiger partial charge in [-0.05, 0) is 24.8 Å². The van der Waals surface area contributed by atoms with Gasteiger partial charge in [0.2, 0.25) is 0 Å². The number of rotatable bonds is 5. The van der Waals surface area contributed by atoms with E-state index < -0.39 is 0 Å². The van der Waals surface area contributed by atoms with Crippen molar-refractivity contribution in [2.45, 2.75) is 39.2 Å². The van der Waals surface area contributed by atoms with Gasteiger partial charge in [0.05, 0.1) is 0 Å².